The number of carbonyl (C=O) groups is 1. The van der Waals surface area contributed by atoms with E-state index in [0.29, 0.717) is 6.42 Å². The van der Waals surface area contributed by atoms with Gasteiger partial charge in [-0.2, -0.15) is 5.26 Å². The van der Waals surface area contributed by atoms with Gasteiger partial charge >= 0.3 is 5.97 Å². The number of nitrogens with one attached hydrogen (secondary N) is 1. The van der Waals surface area contributed by atoms with Crippen LogP contribution in [-0.2, 0) is 16.0 Å². The maximum atomic E-state index is 11.3. The summed E-state index contributed by atoms with van der Waals surface area (Å²) in [6.07, 6.45) is 2.20. The summed E-state index contributed by atoms with van der Waals surface area (Å²) in [6.45, 7) is 0. The maximum Gasteiger partial charge on any atom is 0.329 e. The Kier molecular flexibility index (Phi) is 6.73. The molecule has 0 aromatic heterocycles. The van der Waals surface area contributed by atoms with Gasteiger partial charge < -0.3 is 10.1 Å². The van der Waals surface area contributed by atoms with E-state index >= 15 is 0 Å². The number of hydrogen-bond acceptors (Lipinski definition) is 4. The third kappa shape index (κ3) is 4.20. The van der Waals surface area contributed by atoms with Crippen LogP contribution in [0.25, 0.3) is 0 Å². The molecule has 0 fully saturated rings. The van der Waals surface area contributed by atoms with Crippen LogP contribution in [0.2, 0.25) is 0 Å². The number of benzene rings is 1. The van der Waals surface area contributed by atoms with Crippen molar-refractivity contribution < 1.29 is 9.53 Å². The Morgan fingerprint density at radius 2 is 2.12 bits per heavy atom. The first-order valence-corrected chi connectivity index (χ1v) is 4.54. The van der Waals surface area contributed by atoms with Crippen LogP contribution in [0.1, 0.15) is 5.56 Å². The molecule has 1 N–H and O–H groups in total. The predicted octanol–water partition coefficient (Wildman–Crippen LogP) is 1.26. The van der Waals surface area contributed by atoms with Crippen LogP contribution in [0.15, 0.2) is 30.3 Å². The first-order chi connectivity index (χ1) is 7.27. The van der Waals surface area contributed by atoms with Gasteiger partial charge in [-0.3, -0.25) is 0 Å². The number of hydrogen-bond donors (Lipinski definition) is 1. The molecule has 0 aliphatic heterocycles. The molecule has 1 aromatic carbocycles. The minimum Gasteiger partial charge on any atom is -0.467 e. The molecule has 5 heteroatoms. The Balaban J connectivity index is 0.00000225. The van der Waals surface area contributed by atoms with Crippen LogP contribution < -0.4 is 5.32 Å². The molecular weight excluding hydrogens is 228 g/mol. The van der Waals surface area contributed by atoms with Crippen molar-refractivity contribution in [2.45, 2.75) is 12.5 Å². The summed E-state index contributed by atoms with van der Waals surface area (Å²) in [7, 11) is 1.30. The van der Waals surface area contributed by atoms with Crippen LogP contribution in [0.4, 0.5) is 0 Å². The van der Waals surface area contributed by atoms with Gasteiger partial charge in [-0.25, -0.2) is 4.79 Å². The molecule has 0 aliphatic carbocycles. The van der Waals surface area contributed by atoms with Gasteiger partial charge in [0, 0.05) is 6.42 Å². The summed E-state index contributed by atoms with van der Waals surface area (Å²) in [6, 6.07) is 8.85. The van der Waals surface area contributed by atoms with Crippen molar-refractivity contribution in [2.75, 3.05) is 7.11 Å². The molecule has 0 saturated carbocycles. The van der Waals surface area contributed by atoms with E-state index < -0.39 is 12.0 Å². The fraction of sp³-hybridized carbons (Fsp3) is 0.273. The second-order valence-electron chi connectivity index (χ2n) is 3.02. The standard InChI is InChI=1S/C11H12N2O2.ClH/c1-15-11(14)10(13-8-12)7-9-5-3-2-4-6-9;/h2-6,10,13H,7H2,1H3;1H/t10-;/m0./s1. The number of esters is 1. The molecule has 16 heavy (non-hydrogen) atoms. The molecule has 1 atom stereocenters. The van der Waals surface area contributed by atoms with Crippen LogP contribution in [-0.4, -0.2) is 19.1 Å². The van der Waals surface area contributed by atoms with Crippen molar-refractivity contribution >= 4 is 18.4 Å². The van der Waals surface area contributed by atoms with Gasteiger partial charge in [-0.05, 0) is 5.56 Å². The second kappa shape index (κ2) is 7.55. The van der Waals surface area contributed by atoms with E-state index in [1.54, 1.807) is 6.19 Å². The number of halogens is 1. The number of nitrogens with zero attached hydrogens (tertiary/aromatic N) is 1. The van der Waals surface area contributed by atoms with Gasteiger partial charge in [0.15, 0.2) is 6.19 Å². The van der Waals surface area contributed by atoms with Crippen LogP contribution in [0.3, 0.4) is 0 Å². The minimum atomic E-state index is -0.609. The minimum absolute atomic E-state index is 0. The summed E-state index contributed by atoms with van der Waals surface area (Å²) < 4.78 is 4.58. The number of carbonyl (C=O) groups excluding carboxylic acids is 1. The normalized spacial score (nSPS) is 10.5. The molecular formula is C11H13ClN2O2. The Bertz CT molecular complexity index is 362. The van der Waals surface area contributed by atoms with Gasteiger partial charge in [0.25, 0.3) is 0 Å². The molecule has 0 heterocycles. The number of ether oxygens (including phenoxy) is 1. The number of nitriles is 1. The van der Waals surface area contributed by atoms with E-state index in [4.69, 9.17) is 5.26 Å². The van der Waals surface area contributed by atoms with Crippen molar-refractivity contribution in [1.29, 1.82) is 5.26 Å². The fourth-order valence-corrected chi connectivity index (χ4v) is 1.26. The van der Waals surface area contributed by atoms with Gasteiger partial charge in [0.1, 0.15) is 6.04 Å². The molecule has 0 radical (unpaired) electrons. The maximum absolute atomic E-state index is 11.3. The first-order valence-electron chi connectivity index (χ1n) is 4.54. The monoisotopic (exact) mass is 240 g/mol. The van der Waals surface area contributed by atoms with E-state index in [-0.39, 0.29) is 12.4 Å². The summed E-state index contributed by atoms with van der Waals surface area (Å²) in [4.78, 5) is 11.3. The fourth-order valence-electron chi connectivity index (χ4n) is 1.26. The summed E-state index contributed by atoms with van der Waals surface area (Å²) in [5.41, 5.74) is 0.982. The van der Waals surface area contributed by atoms with Gasteiger partial charge in [0.05, 0.1) is 7.11 Å². The zero-order valence-corrected chi connectivity index (χ0v) is 9.66. The first kappa shape index (κ1) is 14.3. The van der Waals surface area contributed by atoms with Crippen LogP contribution >= 0.6 is 12.4 Å². The molecule has 0 amide bonds. The Morgan fingerprint density at radius 1 is 1.50 bits per heavy atom. The molecule has 0 unspecified atom stereocenters. The molecule has 0 bridgehead atoms. The summed E-state index contributed by atoms with van der Waals surface area (Å²) in [5.74, 6) is -0.430. The Hall–Kier alpha value is -1.73. The highest BCUT2D eigenvalue weighted by atomic mass is 35.5. The molecule has 4 nitrogen and oxygen atoms in total. The van der Waals surface area contributed by atoms with E-state index in [9.17, 15) is 4.79 Å². The lowest BCUT2D eigenvalue weighted by Gasteiger charge is -2.12. The number of rotatable bonds is 4. The smallest absolute Gasteiger partial charge is 0.329 e. The van der Waals surface area contributed by atoms with E-state index in [0.717, 1.165) is 5.56 Å². The predicted molar refractivity (Wildman–Crippen MR) is 61.9 cm³/mol. The average Bonchev–Trinajstić information content (AvgIpc) is 2.29. The van der Waals surface area contributed by atoms with Gasteiger partial charge in [-0.1, -0.05) is 30.3 Å². The lowest BCUT2D eigenvalue weighted by atomic mass is 10.1. The quantitative estimate of drug-likeness (QED) is 0.489. The lowest BCUT2D eigenvalue weighted by molar-refractivity contribution is -0.142. The lowest BCUT2D eigenvalue weighted by Crippen LogP contribution is -2.36. The van der Waals surface area contributed by atoms with Crippen molar-refractivity contribution in [3.05, 3.63) is 35.9 Å². The topological polar surface area (TPSA) is 62.1 Å². The largest absolute Gasteiger partial charge is 0.467 e. The van der Waals surface area contributed by atoms with E-state index in [2.05, 4.69) is 10.1 Å². The van der Waals surface area contributed by atoms with Crippen molar-refractivity contribution in [2.24, 2.45) is 0 Å². The Morgan fingerprint density at radius 3 is 2.62 bits per heavy atom. The third-order valence-corrected chi connectivity index (χ3v) is 2.01. The zero-order valence-electron chi connectivity index (χ0n) is 8.84. The van der Waals surface area contributed by atoms with Crippen molar-refractivity contribution in [1.82, 2.24) is 5.32 Å². The molecule has 0 saturated heterocycles. The van der Waals surface area contributed by atoms with Gasteiger partial charge in [-0.15, -0.1) is 12.4 Å². The molecule has 1 rings (SSSR count). The van der Waals surface area contributed by atoms with Crippen LogP contribution in [0.5, 0.6) is 0 Å². The molecule has 1 aromatic rings. The van der Waals surface area contributed by atoms with Gasteiger partial charge in [0.2, 0.25) is 0 Å². The van der Waals surface area contributed by atoms with Crippen molar-refractivity contribution in [3.63, 3.8) is 0 Å². The van der Waals surface area contributed by atoms with Crippen LogP contribution in [0, 0.1) is 11.5 Å². The Labute approximate surface area is 101 Å². The second-order valence-corrected chi connectivity index (χ2v) is 3.02. The molecule has 0 aliphatic rings. The number of methoxy groups -OCH3 is 1. The zero-order chi connectivity index (χ0) is 11.1. The summed E-state index contributed by atoms with van der Waals surface area (Å²) >= 11 is 0. The SMILES string of the molecule is COC(=O)[C@H](Cc1ccccc1)NC#N.Cl. The average molecular weight is 241 g/mol. The third-order valence-electron chi connectivity index (χ3n) is 2.01. The van der Waals surface area contributed by atoms with E-state index in [1.807, 2.05) is 30.3 Å². The highest BCUT2D eigenvalue weighted by molar-refractivity contribution is 5.85. The highest BCUT2D eigenvalue weighted by Gasteiger charge is 2.18. The van der Waals surface area contributed by atoms with E-state index in [1.165, 1.54) is 7.11 Å². The summed E-state index contributed by atoms with van der Waals surface area (Å²) in [5, 5.41) is 10.9. The van der Waals surface area contributed by atoms with Crippen molar-refractivity contribution in [3.8, 4) is 6.19 Å². The highest BCUT2D eigenvalue weighted by Crippen LogP contribution is 2.03. The molecule has 86 valence electrons. The molecule has 0 spiro atoms.